The van der Waals surface area contributed by atoms with Gasteiger partial charge in [-0.25, -0.2) is 4.79 Å². The van der Waals surface area contributed by atoms with Crippen molar-refractivity contribution >= 4 is 20.1 Å². The van der Waals surface area contributed by atoms with Crippen LogP contribution in [0.25, 0.3) is 0 Å². The maximum atomic E-state index is 10.1. The molecule has 0 aromatic carbocycles. The molecule has 1 rings (SSSR count). The van der Waals surface area contributed by atoms with Crippen molar-refractivity contribution in [2.45, 2.75) is 0 Å². The molecule has 68 valence electrons. The first kappa shape index (κ1) is 26.1. The van der Waals surface area contributed by atoms with Crippen LogP contribution in [-0.4, -0.2) is 20.1 Å². The molecule has 0 unspecified atom stereocenters. The van der Waals surface area contributed by atoms with Crippen LogP contribution in [0.4, 0.5) is 0 Å². The minimum atomic E-state index is -6.10. The fourth-order valence-corrected chi connectivity index (χ4v) is 0.325. The van der Waals surface area contributed by atoms with Crippen LogP contribution >= 0.6 is 0 Å². The topological polar surface area (TPSA) is 116 Å². The molecule has 0 aliphatic carbocycles. The molecule has 0 aliphatic heterocycles. The zero-order valence-electron chi connectivity index (χ0n) is 8.71. The summed E-state index contributed by atoms with van der Waals surface area (Å²) in [6.07, 6.45) is 1.35. The second-order valence-corrected chi connectivity index (χ2v) is 4.12. The molecule has 1 aromatic rings. The number of rotatable bonds is 0. The SMILES string of the molecule is O=c1cccco1.[Na+].[Na+].[Na+].[O]=[Sb]([O-])([O-])[O-]. The summed E-state index contributed by atoms with van der Waals surface area (Å²) in [5.74, 6) is 0. The van der Waals surface area contributed by atoms with Gasteiger partial charge in [0.15, 0.2) is 0 Å². The van der Waals surface area contributed by atoms with Crippen molar-refractivity contribution in [1.29, 1.82) is 0 Å². The molecule has 0 radical (unpaired) electrons. The third-order valence-electron chi connectivity index (χ3n) is 0.606. The van der Waals surface area contributed by atoms with Gasteiger partial charge in [0.05, 0.1) is 6.26 Å². The van der Waals surface area contributed by atoms with E-state index in [1.54, 1.807) is 12.1 Å². The molecule has 0 spiro atoms. The van der Waals surface area contributed by atoms with Crippen LogP contribution in [0, 0.1) is 0 Å². The Bertz CT molecular complexity index is 297. The van der Waals surface area contributed by atoms with Crippen molar-refractivity contribution in [2.75, 3.05) is 0 Å². The van der Waals surface area contributed by atoms with E-state index in [1.165, 1.54) is 12.3 Å². The molecule has 1 heterocycles. The standard InChI is InChI=1S/C5H4O2.3Na.4O.Sb/c6-5-3-1-2-4-7-5;;;;;;;;/h1-4H;;;;;;;;/q;3*+1;;3*-1;. The average molecular weight is 351 g/mol. The summed E-state index contributed by atoms with van der Waals surface area (Å²) < 4.78 is 38.9. The Morgan fingerprint density at radius 1 is 1.07 bits per heavy atom. The van der Waals surface area contributed by atoms with Gasteiger partial charge in [0.25, 0.3) is 0 Å². The molecule has 0 fully saturated rings. The van der Waals surface area contributed by atoms with Gasteiger partial charge in [0, 0.05) is 6.07 Å². The van der Waals surface area contributed by atoms with Gasteiger partial charge >= 0.3 is 128 Å². The molecule has 0 saturated carbocycles. The normalized spacial score (nSPS) is 7.93. The third kappa shape index (κ3) is 31.5. The molecule has 10 heteroatoms. The van der Waals surface area contributed by atoms with Gasteiger partial charge in [-0.05, 0) is 6.07 Å². The van der Waals surface area contributed by atoms with Crippen molar-refractivity contribution in [2.24, 2.45) is 0 Å². The summed E-state index contributed by atoms with van der Waals surface area (Å²) in [7, 11) is 0. The first-order valence-corrected chi connectivity index (χ1v) is 6.83. The monoisotopic (exact) mass is 350 g/mol. The Kier molecular flexibility index (Phi) is 25.2. The summed E-state index contributed by atoms with van der Waals surface area (Å²) in [5.41, 5.74) is -0.303. The van der Waals surface area contributed by atoms with Crippen LogP contribution in [0.3, 0.4) is 0 Å². The third-order valence-corrected chi connectivity index (χ3v) is 0.606. The van der Waals surface area contributed by atoms with Crippen molar-refractivity contribution in [3.8, 4) is 0 Å². The van der Waals surface area contributed by atoms with Gasteiger partial charge in [-0.3, -0.25) is 0 Å². The van der Waals surface area contributed by atoms with E-state index in [9.17, 15) is 4.79 Å². The molecule has 0 amide bonds. The van der Waals surface area contributed by atoms with Crippen molar-refractivity contribution < 1.29 is 106 Å². The fourth-order valence-electron chi connectivity index (χ4n) is 0.325. The van der Waals surface area contributed by atoms with Crippen LogP contribution in [0.15, 0.2) is 33.7 Å². The van der Waals surface area contributed by atoms with E-state index in [1.807, 2.05) is 0 Å². The molecule has 0 saturated heterocycles. The Balaban J connectivity index is -0.0000000701. The van der Waals surface area contributed by atoms with Gasteiger partial charge in [-0.15, -0.1) is 0 Å². The average Bonchev–Trinajstić information content (AvgIpc) is 1.85. The first-order chi connectivity index (χ1) is 5.39. The number of hydrogen-bond donors (Lipinski definition) is 0. The Morgan fingerprint density at radius 2 is 1.47 bits per heavy atom. The molecule has 15 heavy (non-hydrogen) atoms. The van der Waals surface area contributed by atoms with Crippen molar-refractivity contribution in [3.05, 3.63) is 34.9 Å². The second kappa shape index (κ2) is 14.5. The van der Waals surface area contributed by atoms with Crippen molar-refractivity contribution in [1.82, 2.24) is 0 Å². The van der Waals surface area contributed by atoms with Crippen LogP contribution in [0.5, 0.6) is 0 Å². The van der Waals surface area contributed by atoms with Gasteiger partial charge < -0.3 is 4.42 Å². The van der Waals surface area contributed by atoms with Gasteiger partial charge in [-0.2, -0.15) is 0 Å². The second-order valence-electron chi connectivity index (χ2n) is 1.57. The van der Waals surface area contributed by atoms with Gasteiger partial charge in [-0.1, -0.05) is 6.07 Å². The minimum absolute atomic E-state index is 0. The predicted molar refractivity (Wildman–Crippen MR) is 31.4 cm³/mol. The molecule has 0 aliphatic rings. The molecule has 1 aromatic heterocycles. The van der Waals surface area contributed by atoms with Crippen LogP contribution < -0.4 is 104 Å². The first-order valence-electron chi connectivity index (χ1n) is 2.66. The van der Waals surface area contributed by atoms with E-state index in [4.69, 9.17) is 13.2 Å². The van der Waals surface area contributed by atoms with Gasteiger partial charge in [0.1, 0.15) is 0 Å². The van der Waals surface area contributed by atoms with E-state index in [0.717, 1.165) is 0 Å². The van der Waals surface area contributed by atoms with E-state index in [2.05, 4.69) is 4.42 Å². The number of hydrogen-bond acceptors (Lipinski definition) is 6. The van der Waals surface area contributed by atoms with E-state index < -0.39 is 20.1 Å². The predicted octanol–water partition coefficient (Wildman–Crippen LogP) is -12.4. The van der Waals surface area contributed by atoms with Crippen LogP contribution in [-0.2, 0) is 3.02 Å². The van der Waals surface area contributed by atoms with E-state index in [0.29, 0.717) is 0 Å². The van der Waals surface area contributed by atoms with E-state index in [-0.39, 0.29) is 94.3 Å². The summed E-state index contributed by atoms with van der Waals surface area (Å²) in [6.45, 7) is 0. The zero-order chi connectivity index (χ0) is 9.61. The summed E-state index contributed by atoms with van der Waals surface area (Å²) in [5, 5.41) is 0. The Morgan fingerprint density at radius 3 is 1.60 bits per heavy atom. The van der Waals surface area contributed by atoms with Crippen LogP contribution in [0.2, 0.25) is 0 Å². The summed E-state index contributed by atoms with van der Waals surface area (Å²) in [4.78, 5) is 10.1. The molecular weight excluding hydrogens is 347 g/mol. The van der Waals surface area contributed by atoms with E-state index >= 15 is 0 Å². The van der Waals surface area contributed by atoms with Crippen molar-refractivity contribution in [3.63, 3.8) is 0 Å². The Hall–Kier alpha value is 2.45. The zero-order valence-corrected chi connectivity index (χ0v) is 17.3. The molecule has 0 bridgehead atoms. The molecule has 0 N–H and O–H groups in total. The summed E-state index contributed by atoms with van der Waals surface area (Å²) >= 11 is -6.10. The van der Waals surface area contributed by atoms with Crippen LogP contribution in [0.1, 0.15) is 0 Å². The summed E-state index contributed by atoms with van der Waals surface area (Å²) in [6, 6.07) is 4.65. The maximum absolute atomic E-state index is 10.1. The molecule has 0 atom stereocenters. The Labute approximate surface area is 158 Å². The molecular formula is C5H4Na3O6Sb. The molecule has 6 nitrogen and oxygen atoms in total. The van der Waals surface area contributed by atoms with Gasteiger partial charge in [0.2, 0.25) is 0 Å². The quantitative estimate of drug-likeness (QED) is 0.429. The fraction of sp³-hybridized carbons (Fsp3) is 0.